The van der Waals surface area contributed by atoms with E-state index in [1.807, 2.05) is 0 Å². The minimum atomic E-state index is -2.80. The second kappa shape index (κ2) is 2.76. The summed E-state index contributed by atoms with van der Waals surface area (Å²) in [5, 5.41) is 2.85. The van der Waals surface area contributed by atoms with E-state index in [1.54, 1.807) is 18.2 Å². The van der Waals surface area contributed by atoms with Gasteiger partial charge >= 0.3 is 0 Å². The first-order valence-electron chi connectivity index (χ1n) is 4.66. The second-order valence-electron chi connectivity index (χ2n) is 4.21. The highest BCUT2D eigenvalue weighted by Gasteiger charge is 2.51. The van der Waals surface area contributed by atoms with Crippen LogP contribution in [0.3, 0.4) is 0 Å². The van der Waals surface area contributed by atoms with Crippen molar-refractivity contribution in [2.45, 2.75) is 31.9 Å². The first kappa shape index (κ1) is 9.59. The fourth-order valence-corrected chi connectivity index (χ4v) is 1.74. The van der Waals surface area contributed by atoms with Crippen molar-refractivity contribution in [2.24, 2.45) is 0 Å². The van der Waals surface area contributed by atoms with E-state index in [2.05, 4.69) is 5.32 Å². The Morgan fingerprint density at radius 3 is 2.57 bits per heavy atom. The van der Waals surface area contributed by atoms with Crippen LogP contribution in [0.15, 0.2) is 24.3 Å². The number of hydrogen-bond acceptors (Lipinski definition) is 1. The lowest BCUT2D eigenvalue weighted by atomic mass is 9.84. The maximum Gasteiger partial charge on any atom is 0.290 e. The Morgan fingerprint density at radius 1 is 1.21 bits per heavy atom. The summed E-state index contributed by atoms with van der Waals surface area (Å²) in [6.45, 7) is 3.57. The summed E-state index contributed by atoms with van der Waals surface area (Å²) in [4.78, 5) is 0. The fourth-order valence-electron chi connectivity index (χ4n) is 1.74. The average molecular weight is 197 g/mol. The highest BCUT2D eigenvalue weighted by atomic mass is 19.3. The molecule has 1 aromatic carbocycles. The highest BCUT2D eigenvalue weighted by molar-refractivity contribution is 5.36. The SMILES string of the molecule is CC1(C)NCc2ccccc2C1(F)F. The predicted octanol–water partition coefficient (Wildman–Crippen LogP) is 2.66. The van der Waals surface area contributed by atoms with E-state index in [9.17, 15) is 8.78 Å². The van der Waals surface area contributed by atoms with Crippen molar-refractivity contribution in [2.75, 3.05) is 0 Å². The number of halogens is 2. The lowest BCUT2D eigenvalue weighted by Gasteiger charge is -2.40. The standard InChI is InChI=1S/C11H13F2N/c1-10(2)11(12,13)9-6-4-3-5-8(9)7-14-10/h3-6,14H,7H2,1-2H3. The van der Waals surface area contributed by atoms with Crippen LogP contribution >= 0.6 is 0 Å². The molecule has 1 aliphatic rings. The van der Waals surface area contributed by atoms with Crippen LogP contribution in [-0.2, 0) is 12.5 Å². The van der Waals surface area contributed by atoms with E-state index < -0.39 is 11.5 Å². The van der Waals surface area contributed by atoms with Crippen molar-refractivity contribution in [1.82, 2.24) is 5.32 Å². The quantitative estimate of drug-likeness (QED) is 0.674. The molecule has 0 amide bonds. The summed E-state index contributed by atoms with van der Waals surface area (Å²) in [5.74, 6) is -2.80. The van der Waals surface area contributed by atoms with Crippen LogP contribution in [0.1, 0.15) is 25.0 Å². The molecule has 14 heavy (non-hydrogen) atoms. The van der Waals surface area contributed by atoms with Crippen LogP contribution < -0.4 is 5.32 Å². The molecule has 1 aromatic rings. The Kier molecular flexibility index (Phi) is 1.89. The van der Waals surface area contributed by atoms with Crippen LogP contribution in [0.4, 0.5) is 8.78 Å². The normalized spacial score (nSPS) is 22.9. The molecular weight excluding hydrogens is 184 g/mol. The molecule has 0 aliphatic carbocycles. The van der Waals surface area contributed by atoms with Gasteiger partial charge in [0.25, 0.3) is 5.92 Å². The molecule has 1 N–H and O–H groups in total. The van der Waals surface area contributed by atoms with E-state index in [-0.39, 0.29) is 5.56 Å². The summed E-state index contributed by atoms with van der Waals surface area (Å²) < 4.78 is 27.8. The number of alkyl halides is 2. The number of rotatable bonds is 0. The van der Waals surface area contributed by atoms with Gasteiger partial charge in [0.05, 0.1) is 5.54 Å². The monoisotopic (exact) mass is 197 g/mol. The Bertz CT molecular complexity index is 358. The smallest absolute Gasteiger partial charge is 0.290 e. The summed E-state index contributed by atoms with van der Waals surface area (Å²) in [7, 11) is 0. The molecule has 0 unspecified atom stereocenters. The fraction of sp³-hybridized carbons (Fsp3) is 0.455. The summed E-state index contributed by atoms with van der Waals surface area (Å²) >= 11 is 0. The molecule has 76 valence electrons. The van der Waals surface area contributed by atoms with Crippen molar-refractivity contribution >= 4 is 0 Å². The molecule has 0 spiro atoms. The Hall–Kier alpha value is -0.960. The largest absolute Gasteiger partial charge is 0.302 e. The predicted molar refractivity (Wildman–Crippen MR) is 51.3 cm³/mol. The molecular formula is C11H13F2N. The van der Waals surface area contributed by atoms with Crippen molar-refractivity contribution in [3.8, 4) is 0 Å². The summed E-state index contributed by atoms with van der Waals surface area (Å²) in [5.41, 5.74) is -0.318. The maximum atomic E-state index is 13.9. The number of nitrogens with one attached hydrogen (secondary N) is 1. The minimum absolute atomic E-state index is 0.156. The zero-order valence-electron chi connectivity index (χ0n) is 8.27. The van der Waals surface area contributed by atoms with Gasteiger partial charge in [-0.1, -0.05) is 24.3 Å². The Balaban J connectivity index is 2.57. The van der Waals surface area contributed by atoms with Gasteiger partial charge in [-0.2, -0.15) is 8.78 Å². The van der Waals surface area contributed by atoms with Crippen molar-refractivity contribution in [1.29, 1.82) is 0 Å². The van der Waals surface area contributed by atoms with Gasteiger partial charge in [0.2, 0.25) is 0 Å². The molecule has 0 saturated heterocycles. The van der Waals surface area contributed by atoms with Gasteiger partial charge in [-0.15, -0.1) is 0 Å². The molecule has 0 atom stereocenters. The van der Waals surface area contributed by atoms with Crippen LogP contribution in [-0.4, -0.2) is 5.54 Å². The van der Waals surface area contributed by atoms with Crippen LogP contribution in [0.25, 0.3) is 0 Å². The van der Waals surface area contributed by atoms with Gasteiger partial charge in [-0.25, -0.2) is 0 Å². The lowest BCUT2D eigenvalue weighted by molar-refractivity contribution is -0.0919. The zero-order chi connectivity index (χ0) is 10.4. The van der Waals surface area contributed by atoms with E-state index in [0.717, 1.165) is 0 Å². The molecule has 1 heterocycles. The summed E-state index contributed by atoms with van der Waals surface area (Å²) in [6, 6.07) is 6.70. The van der Waals surface area contributed by atoms with Crippen LogP contribution in [0.5, 0.6) is 0 Å². The second-order valence-corrected chi connectivity index (χ2v) is 4.21. The van der Waals surface area contributed by atoms with E-state index in [4.69, 9.17) is 0 Å². The first-order chi connectivity index (χ1) is 6.45. The topological polar surface area (TPSA) is 12.0 Å². The Morgan fingerprint density at radius 2 is 1.86 bits per heavy atom. The Labute approximate surface area is 82.1 Å². The third-order valence-electron chi connectivity index (χ3n) is 2.86. The van der Waals surface area contributed by atoms with Gasteiger partial charge in [0, 0.05) is 12.1 Å². The molecule has 0 bridgehead atoms. The van der Waals surface area contributed by atoms with Gasteiger partial charge in [-0.3, -0.25) is 0 Å². The van der Waals surface area contributed by atoms with Crippen molar-refractivity contribution < 1.29 is 8.78 Å². The third kappa shape index (κ3) is 1.16. The number of hydrogen-bond donors (Lipinski definition) is 1. The summed E-state index contributed by atoms with van der Waals surface area (Å²) in [6.07, 6.45) is 0. The first-order valence-corrected chi connectivity index (χ1v) is 4.66. The molecule has 0 radical (unpaired) electrons. The number of fused-ring (bicyclic) bond motifs is 1. The number of benzene rings is 1. The average Bonchev–Trinajstić information content (AvgIpc) is 2.13. The molecule has 0 fully saturated rings. The van der Waals surface area contributed by atoms with Gasteiger partial charge in [0.15, 0.2) is 0 Å². The molecule has 1 nitrogen and oxygen atoms in total. The van der Waals surface area contributed by atoms with Gasteiger partial charge < -0.3 is 5.32 Å². The van der Waals surface area contributed by atoms with E-state index in [0.29, 0.717) is 12.1 Å². The van der Waals surface area contributed by atoms with Crippen molar-refractivity contribution in [3.63, 3.8) is 0 Å². The maximum absolute atomic E-state index is 13.9. The third-order valence-corrected chi connectivity index (χ3v) is 2.86. The van der Waals surface area contributed by atoms with E-state index >= 15 is 0 Å². The van der Waals surface area contributed by atoms with Crippen LogP contribution in [0, 0.1) is 0 Å². The van der Waals surface area contributed by atoms with E-state index in [1.165, 1.54) is 19.9 Å². The van der Waals surface area contributed by atoms with Crippen molar-refractivity contribution in [3.05, 3.63) is 35.4 Å². The lowest BCUT2D eigenvalue weighted by Crippen LogP contribution is -2.55. The van der Waals surface area contributed by atoms with Gasteiger partial charge in [-0.05, 0) is 19.4 Å². The zero-order valence-corrected chi connectivity index (χ0v) is 8.27. The molecule has 0 aromatic heterocycles. The highest BCUT2D eigenvalue weighted by Crippen LogP contribution is 2.43. The minimum Gasteiger partial charge on any atom is -0.302 e. The molecule has 2 rings (SSSR count). The van der Waals surface area contributed by atoms with Crippen LogP contribution in [0.2, 0.25) is 0 Å². The molecule has 1 aliphatic heterocycles. The van der Waals surface area contributed by atoms with Gasteiger partial charge in [0.1, 0.15) is 0 Å². The molecule has 3 heteroatoms. The molecule has 0 saturated carbocycles.